The summed E-state index contributed by atoms with van der Waals surface area (Å²) in [5.74, 6) is -1.58. The minimum Gasteiger partial charge on any atom is -0.508 e. The number of benzene rings is 2. The van der Waals surface area contributed by atoms with Gasteiger partial charge in [-0.1, -0.05) is 6.07 Å². The van der Waals surface area contributed by atoms with Crippen molar-refractivity contribution in [2.75, 3.05) is 12.0 Å². The topological polar surface area (TPSA) is 116 Å². The van der Waals surface area contributed by atoms with Crippen LogP contribution in [0.15, 0.2) is 48.0 Å². The number of carbonyl (C=O) groups is 3. The van der Waals surface area contributed by atoms with Crippen LogP contribution in [-0.2, 0) is 9.59 Å². The number of anilines is 1. The molecule has 8 heteroatoms. The molecule has 3 N–H and O–H groups in total. The van der Waals surface area contributed by atoms with E-state index in [0.29, 0.717) is 5.56 Å². The number of ether oxygens (including phenoxy) is 1. The third kappa shape index (κ3) is 3.07. The van der Waals surface area contributed by atoms with E-state index in [-0.39, 0.29) is 28.5 Å². The number of amides is 4. The molecule has 26 heavy (non-hydrogen) atoms. The van der Waals surface area contributed by atoms with Crippen LogP contribution in [0.3, 0.4) is 0 Å². The van der Waals surface area contributed by atoms with E-state index in [1.165, 1.54) is 55.7 Å². The lowest BCUT2D eigenvalue weighted by molar-refractivity contribution is -0.122. The number of phenols is 2. The fourth-order valence-corrected chi connectivity index (χ4v) is 2.44. The van der Waals surface area contributed by atoms with E-state index in [1.54, 1.807) is 0 Å². The van der Waals surface area contributed by atoms with Crippen molar-refractivity contribution in [2.24, 2.45) is 0 Å². The van der Waals surface area contributed by atoms with Crippen LogP contribution in [-0.4, -0.2) is 35.2 Å². The van der Waals surface area contributed by atoms with E-state index in [1.807, 2.05) is 0 Å². The Kier molecular flexibility index (Phi) is 4.32. The highest BCUT2D eigenvalue weighted by atomic mass is 16.5. The number of imide groups is 2. The predicted octanol–water partition coefficient (Wildman–Crippen LogP) is 1.77. The standard InChI is InChI=1S/C18H14N2O6/c1-26-15-9-10(2-7-14(15)22)8-13-16(23)19-18(25)20(17(13)24)11-3-5-12(21)6-4-11/h2-9,21-22H,1H3,(H,19,23,25)/b13-8-. The highest BCUT2D eigenvalue weighted by Crippen LogP contribution is 2.28. The lowest BCUT2D eigenvalue weighted by atomic mass is 10.1. The Bertz CT molecular complexity index is 933. The van der Waals surface area contributed by atoms with Crippen LogP contribution < -0.4 is 15.0 Å². The third-order valence-corrected chi connectivity index (χ3v) is 3.72. The summed E-state index contributed by atoms with van der Waals surface area (Å²) in [5, 5.41) is 21.1. The van der Waals surface area contributed by atoms with Gasteiger partial charge in [-0.05, 0) is 48.0 Å². The molecule has 0 radical (unpaired) electrons. The quantitative estimate of drug-likeness (QED) is 0.571. The second kappa shape index (κ2) is 6.60. The largest absolute Gasteiger partial charge is 0.508 e. The number of methoxy groups -OCH3 is 1. The first-order valence-corrected chi connectivity index (χ1v) is 7.48. The van der Waals surface area contributed by atoms with Gasteiger partial charge < -0.3 is 14.9 Å². The minimum absolute atomic E-state index is 0.0263. The van der Waals surface area contributed by atoms with Crippen molar-refractivity contribution in [1.29, 1.82) is 0 Å². The van der Waals surface area contributed by atoms with Crippen molar-refractivity contribution >= 4 is 29.6 Å². The van der Waals surface area contributed by atoms with Gasteiger partial charge in [-0.3, -0.25) is 14.9 Å². The van der Waals surface area contributed by atoms with Gasteiger partial charge >= 0.3 is 6.03 Å². The monoisotopic (exact) mass is 354 g/mol. The van der Waals surface area contributed by atoms with Crippen LogP contribution in [0.4, 0.5) is 10.5 Å². The molecule has 0 aliphatic carbocycles. The number of carbonyl (C=O) groups excluding carboxylic acids is 3. The van der Waals surface area contributed by atoms with Crippen molar-refractivity contribution < 1.29 is 29.3 Å². The molecular weight excluding hydrogens is 340 g/mol. The number of hydrogen-bond acceptors (Lipinski definition) is 6. The summed E-state index contributed by atoms with van der Waals surface area (Å²) in [7, 11) is 1.37. The molecule has 0 bridgehead atoms. The van der Waals surface area contributed by atoms with E-state index < -0.39 is 17.8 Å². The van der Waals surface area contributed by atoms with Gasteiger partial charge in [-0.15, -0.1) is 0 Å². The summed E-state index contributed by atoms with van der Waals surface area (Å²) < 4.78 is 4.99. The Morgan fingerprint density at radius 1 is 1.04 bits per heavy atom. The molecule has 0 spiro atoms. The number of rotatable bonds is 3. The molecule has 0 saturated carbocycles. The summed E-state index contributed by atoms with van der Waals surface area (Å²) in [4.78, 5) is 37.7. The van der Waals surface area contributed by atoms with Crippen LogP contribution >= 0.6 is 0 Å². The van der Waals surface area contributed by atoms with Gasteiger partial charge in [0.1, 0.15) is 11.3 Å². The zero-order valence-corrected chi connectivity index (χ0v) is 13.6. The van der Waals surface area contributed by atoms with Crippen molar-refractivity contribution in [2.45, 2.75) is 0 Å². The van der Waals surface area contributed by atoms with Gasteiger partial charge in [0.05, 0.1) is 12.8 Å². The molecule has 0 aromatic heterocycles. The fraction of sp³-hybridized carbons (Fsp3) is 0.0556. The molecule has 8 nitrogen and oxygen atoms in total. The van der Waals surface area contributed by atoms with Gasteiger partial charge in [0.2, 0.25) is 0 Å². The SMILES string of the molecule is COc1cc(/C=C2/C(=O)NC(=O)N(c3ccc(O)cc3)C2=O)ccc1O. The number of nitrogens with one attached hydrogen (secondary N) is 1. The highest BCUT2D eigenvalue weighted by Gasteiger charge is 2.36. The Labute approximate surface area is 147 Å². The Balaban J connectivity index is 2.01. The van der Waals surface area contributed by atoms with Gasteiger partial charge in [0.25, 0.3) is 11.8 Å². The number of phenolic OH excluding ortho intramolecular Hbond substituents is 2. The molecule has 0 atom stereocenters. The maximum atomic E-state index is 12.7. The van der Waals surface area contributed by atoms with Crippen LogP contribution in [0.1, 0.15) is 5.56 Å². The van der Waals surface area contributed by atoms with E-state index in [0.717, 1.165) is 4.90 Å². The zero-order chi connectivity index (χ0) is 18.8. The molecule has 1 aliphatic rings. The van der Waals surface area contributed by atoms with Crippen molar-refractivity contribution in [3.8, 4) is 17.2 Å². The lowest BCUT2D eigenvalue weighted by Gasteiger charge is -2.26. The number of aromatic hydroxyl groups is 2. The highest BCUT2D eigenvalue weighted by molar-refractivity contribution is 6.39. The molecule has 1 saturated heterocycles. The van der Waals surface area contributed by atoms with Crippen LogP contribution in [0.5, 0.6) is 17.2 Å². The van der Waals surface area contributed by atoms with Gasteiger partial charge in [0, 0.05) is 0 Å². The molecule has 4 amide bonds. The lowest BCUT2D eigenvalue weighted by Crippen LogP contribution is -2.54. The zero-order valence-electron chi connectivity index (χ0n) is 13.6. The molecule has 2 aromatic carbocycles. The summed E-state index contributed by atoms with van der Waals surface area (Å²) in [6.45, 7) is 0. The van der Waals surface area contributed by atoms with E-state index in [9.17, 15) is 24.6 Å². The van der Waals surface area contributed by atoms with E-state index in [2.05, 4.69) is 5.32 Å². The van der Waals surface area contributed by atoms with Crippen LogP contribution in [0.25, 0.3) is 6.08 Å². The van der Waals surface area contributed by atoms with E-state index >= 15 is 0 Å². The average molecular weight is 354 g/mol. The third-order valence-electron chi connectivity index (χ3n) is 3.72. The number of hydrogen-bond donors (Lipinski definition) is 3. The molecule has 3 rings (SSSR count). The molecule has 0 unspecified atom stereocenters. The molecule has 1 fully saturated rings. The summed E-state index contributed by atoms with van der Waals surface area (Å²) >= 11 is 0. The smallest absolute Gasteiger partial charge is 0.335 e. The first kappa shape index (κ1) is 17.0. The Morgan fingerprint density at radius 3 is 2.38 bits per heavy atom. The first-order valence-electron chi connectivity index (χ1n) is 7.48. The molecule has 1 heterocycles. The summed E-state index contributed by atoms with van der Waals surface area (Å²) in [6, 6.07) is 8.82. The molecule has 1 aliphatic heterocycles. The van der Waals surface area contributed by atoms with Crippen molar-refractivity contribution in [1.82, 2.24) is 5.32 Å². The summed E-state index contributed by atoms with van der Waals surface area (Å²) in [6.07, 6.45) is 1.29. The van der Waals surface area contributed by atoms with Crippen LogP contribution in [0.2, 0.25) is 0 Å². The number of nitrogens with zero attached hydrogens (tertiary/aromatic N) is 1. The second-order valence-corrected chi connectivity index (χ2v) is 5.41. The number of urea groups is 1. The summed E-state index contributed by atoms with van der Waals surface area (Å²) in [5.41, 5.74) is 0.371. The Morgan fingerprint density at radius 2 is 1.73 bits per heavy atom. The normalized spacial score (nSPS) is 16.0. The van der Waals surface area contributed by atoms with Gasteiger partial charge in [-0.2, -0.15) is 0 Å². The first-order chi connectivity index (χ1) is 12.4. The molecule has 2 aromatic rings. The van der Waals surface area contributed by atoms with E-state index in [4.69, 9.17) is 4.74 Å². The van der Waals surface area contributed by atoms with Gasteiger partial charge in [-0.25, -0.2) is 9.69 Å². The average Bonchev–Trinajstić information content (AvgIpc) is 2.61. The predicted molar refractivity (Wildman–Crippen MR) is 91.8 cm³/mol. The van der Waals surface area contributed by atoms with Gasteiger partial charge in [0.15, 0.2) is 11.5 Å². The maximum absolute atomic E-state index is 12.7. The van der Waals surface area contributed by atoms with Crippen molar-refractivity contribution in [3.63, 3.8) is 0 Å². The molecular formula is C18H14N2O6. The number of barbiturate groups is 1. The minimum atomic E-state index is -0.883. The van der Waals surface area contributed by atoms with Crippen molar-refractivity contribution in [3.05, 3.63) is 53.6 Å². The molecule has 132 valence electrons. The maximum Gasteiger partial charge on any atom is 0.335 e. The van der Waals surface area contributed by atoms with Crippen LogP contribution in [0, 0.1) is 0 Å². The Hall–Kier alpha value is -3.81. The fourth-order valence-electron chi connectivity index (χ4n) is 2.44. The second-order valence-electron chi connectivity index (χ2n) is 5.41.